The third-order valence-corrected chi connectivity index (χ3v) is 2.14. The van der Waals surface area contributed by atoms with E-state index in [4.69, 9.17) is 15.6 Å². The van der Waals surface area contributed by atoms with E-state index in [9.17, 15) is 0 Å². The molecule has 0 radical (unpaired) electrons. The first kappa shape index (κ1) is 13.0. The van der Waals surface area contributed by atoms with E-state index >= 15 is 0 Å². The fraction of sp³-hybridized carbons (Fsp3) is 0.231. The second kappa shape index (κ2) is 5.84. The van der Waals surface area contributed by atoms with E-state index in [1.165, 1.54) is 0 Å². The Bertz CT molecular complexity index is 463. The first-order valence-electron chi connectivity index (χ1n) is 5.27. The van der Waals surface area contributed by atoms with Gasteiger partial charge in [-0.3, -0.25) is 5.41 Å². The van der Waals surface area contributed by atoms with Crippen LogP contribution in [0.25, 0.3) is 0 Å². The smallest absolute Gasteiger partial charge is 0.128 e. The Morgan fingerprint density at radius 3 is 2.47 bits per heavy atom. The van der Waals surface area contributed by atoms with Gasteiger partial charge in [0.1, 0.15) is 5.75 Å². The fourth-order valence-corrected chi connectivity index (χ4v) is 1.49. The molecule has 0 aliphatic heterocycles. The van der Waals surface area contributed by atoms with Crippen molar-refractivity contribution in [3.05, 3.63) is 41.6 Å². The molecule has 1 rings (SSSR count). The number of hydrogen-bond donors (Lipinski definition) is 3. The van der Waals surface area contributed by atoms with Gasteiger partial charge in [-0.25, -0.2) is 0 Å². The van der Waals surface area contributed by atoms with Gasteiger partial charge in [-0.1, -0.05) is 12.1 Å². The maximum Gasteiger partial charge on any atom is 0.128 e. The fourth-order valence-electron chi connectivity index (χ4n) is 1.49. The van der Waals surface area contributed by atoms with Crippen LogP contribution in [0, 0.1) is 10.8 Å². The summed E-state index contributed by atoms with van der Waals surface area (Å²) in [7, 11) is 1.59. The monoisotopic (exact) mass is 231 g/mol. The molecule has 1 aromatic carbocycles. The summed E-state index contributed by atoms with van der Waals surface area (Å²) in [4.78, 5) is 0. The van der Waals surface area contributed by atoms with Crippen molar-refractivity contribution in [2.75, 3.05) is 7.11 Å². The molecular weight excluding hydrogens is 214 g/mol. The number of para-hydroxylation sites is 1. The van der Waals surface area contributed by atoms with Gasteiger partial charge in [0.15, 0.2) is 0 Å². The van der Waals surface area contributed by atoms with Crippen LogP contribution in [-0.2, 0) is 0 Å². The highest BCUT2D eigenvalue weighted by atomic mass is 16.5. The summed E-state index contributed by atoms with van der Waals surface area (Å²) >= 11 is 0. The van der Waals surface area contributed by atoms with Gasteiger partial charge in [0.25, 0.3) is 0 Å². The molecule has 0 aliphatic carbocycles. The zero-order valence-electron chi connectivity index (χ0n) is 10.3. The van der Waals surface area contributed by atoms with Crippen LogP contribution in [0.2, 0.25) is 0 Å². The lowest BCUT2D eigenvalue weighted by Crippen LogP contribution is -2.17. The van der Waals surface area contributed by atoms with E-state index in [1.54, 1.807) is 20.1 Å². The van der Waals surface area contributed by atoms with Gasteiger partial charge in [-0.05, 0) is 32.1 Å². The number of hydrogen-bond acceptors (Lipinski definition) is 3. The SMILES string of the molecule is COc1ccccc1C(=N)/C=C(\C)NC(C)=N. The number of ether oxygens (including phenoxy) is 1. The highest BCUT2D eigenvalue weighted by molar-refractivity contribution is 6.08. The molecule has 90 valence electrons. The van der Waals surface area contributed by atoms with E-state index in [-0.39, 0.29) is 0 Å². The topological polar surface area (TPSA) is 69.0 Å². The Morgan fingerprint density at radius 2 is 1.88 bits per heavy atom. The Labute approximate surface area is 101 Å². The Hall–Kier alpha value is -2.10. The van der Waals surface area contributed by atoms with Crippen molar-refractivity contribution >= 4 is 11.5 Å². The number of allylic oxidation sites excluding steroid dienone is 2. The molecule has 0 heterocycles. The Kier molecular flexibility index (Phi) is 4.46. The zero-order chi connectivity index (χ0) is 12.8. The van der Waals surface area contributed by atoms with Gasteiger partial charge in [-0.15, -0.1) is 0 Å². The quantitative estimate of drug-likeness (QED) is 0.550. The minimum atomic E-state index is 0.353. The van der Waals surface area contributed by atoms with Crippen molar-refractivity contribution in [3.8, 4) is 5.75 Å². The maximum atomic E-state index is 7.98. The minimum Gasteiger partial charge on any atom is -0.496 e. The molecular formula is C13H17N3O. The van der Waals surface area contributed by atoms with Crippen LogP contribution < -0.4 is 10.1 Å². The van der Waals surface area contributed by atoms with E-state index in [2.05, 4.69) is 5.32 Å². The van der Waals surface area contributed by atoms with Crippen molar-refractivity contribution in [1.29, 1.82) is 10.8 Å². The first-order valence-corrected chi connectivity index (χ1v) is 5.27. The van der Waals surface area contributed by atoms with Gasteiger partial charge in [0.05, 0.1) is 18.7 Å². The molecule has 0 bridgehead atoms. The molecule has 0 saturated carbocycles. The number of rotatable bonds is 4. The minimum absolute atomic E-state index is 0.353. The van der Waals surface area contributed by atoms with Crippen LogP contribution in [0.1, 0.15) is 19.4 Å². The summed E-state index contributed by atoms with van der Waals surface area (Å²) in [5.41, 5.74) is 1.85. The predicted octanol–water partition coefficient (Wildman–Crippen LogP) is 2.55. The molecule has 0 aromatic heterocycles. The Balaban J connectivity index is 2.93. The maximum absolute atomic E-state index is 7.98. The van der Waals surface area contributed by atoms with Gasteiger partial charge in [0.2, 0.25) is 0 Å². The second-order valence-electron chi connectivity index (χ2n) is 3.69. The van der Waals surface area contributed by atoms with E-state index in [0.29, 0.717) is 17.3 Å². The van der Waals surface area contributed by atoms with Gasteiger partial charge < -0.3 is 15.5 Å². The van der Waals surface area contributed by atoms with Crippen molar-refractivity contribution in [1.82, 2.24) is 5.32 Å². The number of methoxy groups -OCH3 is 1. The van der Waals surface area contributed by atoms with Crippen LogP contribution >= 0.6 is 0 Å². The molecule has 4 nitrogen and oxygen atoms in total. The van der Waals surface area contributed by atoms with Crippen molar-refractivity contribution in [2.45, 2.75) is 13.8 Å². The molecule has 0 fully saturated rings. The molecule has 0 unspecified atom stereocenters. The van der Waals surface area contributed by atoms with E-state index < -0.39 is 0 Å². The summed E-state index contributed by atoms with van der Waals surface area (Å²) < 4.78 is 5.20. The van der Waals surface area contributed by atoms with Crippen molar-refractivity contribution < 1.29 is 4.74 Å². The van der Waals surface area contributed by atoms with Crippen LogP contribution in [-0.4, -0.2) is 18.7 Å². The van der Waals surface area contributed by atoms with Crippen LogP contribution in [0.5, 0.6) is 5.75 Å². The molecule has 0 spiro atoms. The predicted molar refractivity (Wildman–Crippen MR) is 70.1 cm³/mol. The molecule has 3 N–H and O–H groups in total. The van der Waals surface area contributed by atoms with Gasteiger partial charge >= 0.3 is 0 Å². The van der Waals surface area contributed by atoms with Crippen LogP contribution in [0.3, 0.4) is 0 Å². The second-order valence-corrected chi connectivity index (χ2v) is 3.69. The summed E-state index contributed by atoms with van der Waals surface area (Å²) in [6, 6.07) is 7.39. The molecule has 1 aromatic rings. The van der Waals surface area contributed by atoms with Crippen molar-refractivity contribution in [3.63, 3.8) is 0 Å². The average Bonchev–Trinajstić information content (AvgIpc) is 2.27. The van der Waals surface area contributed by atoms with E-state index in [0.717, 1.165) is 11.3 Å². The number of benzene rings is 1. The molecule has 4 heteroatoms. The third-order valence-electron chi connectivity index (χ3n) is 2.14. The highest BCUT2D eigenvalue weighted by Gasteiger charge is 2.05. The van der Waals surface area contributed by atoms with Crippen LogP contribution in [0.4, 0.5) is 0 Å². The summed E-state index contributed by atoms with van der Waals surface area (Å²) in [6.07, 6.45) is 1.68. The summed E-state index contributed by atoms with van der Waals surface area (Å²) in [5.74, 6) is 1.03. The van der Waals surface area contributed by atoms with Gasteiger partial charge in [0, 0.05) is 11.3 Å². The zero-order valence-corrected chi connectivity index (χ0v) is 10.3. The lowest BCUT2D eigenvalue weighted by atomic mass is 10.1. The van der Waals surface area contributed by atoms with E-state index in [1.807, 2.05) is 31.2 Å². The summed E-state index contributed by atoms with van der Waals surface area (Å²) in [6.45, 7) is 3.48. The molecule has 0 atom stereocenters. The average molecular weight is 231 g/mol. The largest absolute Gasteiger partial charge is 0.496 e. The standard InChI is InChI=1S/C13H17N3O/c1-9(16-10(2)14)8-12(15)11-6-4-5-7-13(11)17-3/h4-8,15H,1-3H3,(H2,14,16)/b9-8+,15-12?. The molecule has 0 saturated heterocycles. The highest BCUT2D eigenvalue weighted by Crippen LogP contribution is 2.18. The van der Waals surface area contributed by atoms with Gasteiger partial charge in [-0.2, -0.15) is 0 Å². The van der Waals surface area contributed by atoms with Crippen molar-refractivity contribution in [2.24, 2.45) is 0 Å². The number of amidine groups is 1. The first-order chi connectivity index (χ1) is 8.04. The van der Waals surface area contributed by atoms with Crippen LogP contribution in [0.15, 0.2) is 36.0 Å². The summed E-state index contributed by atoms with van der Waals surface area (Å²) in [5, 5.41) is 18.1. The normalized spacial score (nSPS) is 10.9. The molecule has 0 aliphatic rings. The lowest BCUT2D eigenvalue weighted by Gasteiger charge is -2.08. The third kappa shape index (κ3) is 3.75. The lowest BCUT2D eigenvalue weighted by molar-refractivity contribution is 0.414. The molecule has 0 amide bonds. The number of nitrogens with one attached hydrogen (secondary N) is 3. The molecule has 17 heavy (non-hydrogen) atoms. The Morgan fingerprint density at radius 1 is 1.24 bits per heavy atom.